The lowest BCUT2D eigenvalue weighted by molar-refractivity contribution is -0.375. The molecule has 0 spiro atoms. The number of ether oxygens (including phenoxy) is 26. The topological polar surface area (TPSA) is 698 Å². The molecule has 1 aromatic carbocycles. The van der Waals surface area contributed by atoms with Crippen LogP contribution in [0.5, 0.6) is 0 Å². The van der Waals surface area contributed by atoms with Crippen LogP contribution in [-0.4, -0.2) is 531 Å². The normalized spacial score (nSPS) is 37.4. The summed E-state index contributed by atoms with van der Waals surface area (Å²) in [5, 5.41) is 198. The molecule has 0 saturated carbocycles. The Morgan fingerprint density at radius 2 is 0.861 bits per heavy atom. The predicted octanol–water partition coefficient (Wildman–Crippen LogP) is -8.32. The van der Waals surface area contributed by atoms with Crippen molar-refractivity contribution in [1.82, 2.24) is 0 Å². The number of thioether (sulfide) groups is 4. The molecule has 0 radical (unpaired) electrons. The minimum Gasteiger partial charge on any atom is -0.465 e. The molecule has 1 aromatic rings. The smallest absolute Gasteiger partial charge is 0.337 e. The molecular formula is C83H133NO49S4. The molecule has 8 bridgehead atoms. The maximum Gasteiger partial charge on any atom is 0.337 e. The molecule has 0 aliphatic carbocycles. The van der Waals surface area contributed by atoms with Gasteiger partial charge in [0.05, 0.1) is 144 Å². The molecule has 54 heteroatoms. The number of anilines is 1. The van der Waals surface area contributed by atoms with E-state index in [4.69, 9.17) is 128 Å². The first kappa shape index (κ1) is 116. The third-order valence-corrected chi connectivity index (χ3v) is 26.3. The monoisotopic (exact) mass is 2060 g/mol. The van der Waals surface area contributed by atoms with E-state index in [0.717, 1.165) is 7.11 Å². The van der Waals surface area contributed by atoms with E-state index in [0.29, 0.717) is 55.8 Å². The van der Waals surface area contributed by atoms with Gasteiger partial charge in [-0.05, 0) is 30.7 Å². The first-order valence-corrected chi connectivity index (χ1v) is 49.3. The Morgan fingerprint density at radius 1 is 0.409 bits per heavy atom. The summed E-state index contributed by atoms with van der Waals surface area (Å²) in [4.78, 5) is 78.2. The van der Waals surface area contributed by atoms with Gasteiger partial charge in [-0.15, -0.1) is 0 Å². The number of carbonyl (C=O) groups excluding carboxylic acids is 6. The fourth-order valence-electron chi connectivity index (χ4n) is 14.9. The van der Waals surface area contributed by atoms with Crippen LogP contribution in [0.15, 0.2) is 24.3 Å². The van der Waals surface area contributed by atoms with Gasteiger partial charge in [-0.1, -0.05) is 0 Å². The van der Waals surface area contributed by atoms with Crippen molar-refractivity contribution in [2.45, 2.75) is 253 Å². The number of carbonyl (C=O) groups is 6. The maximum absolute atomic E-state index is 13.9. The lowest BCUT2D eigenvalue weighted by atomic mass is 9.96. The van der Waals surface area contributed by atoms with Crippen LogP contribution < -0.4 is 5.32 Å². The van der Waals surface area contributed by atoms with E-state index in [-0.39, 0.29) is 132 Å². The van der Waals surface area contributed by atoms with Crippen molar-refractivity contribution in [3.05, 3.63) is 29.8 Å². The number of hydrogen-bond donors (Lipinski definition) is 18. The van der Waals surface area contributed by atoms with E-state index in [1.54, 1.807) is 0 Å². The van der Waals surface area contributed by atoms with Crippen LogP contribution in [0.1, 0.15) is 48.9 Å². The number of aliphatic hydroxyl groups excluding tert-OH is 17. The Hall–Kier alpha value is -4.08. The van der Waals surface area contributed by atoms with E-state index in [1.165, 1.54) is 92.6 Å². The summed E-state index contributed by atoms with van der Waals surface area (Å²) in [6, 6.07) is 6.01. The zero-order valence-corrected chi connectivity index (χ0v) is 79.2. The maximum atomic E-state index is 13.9. The number of rotatable bonds is 39. The highest BCUT2D eigenvalue weighted by atomic mass is 32.2. The average Bonchev–Trinajstić information content (AvgIpc) is 0.781. The van der Waals surface area contributed by atoms with Crippen molar-refractivity contribution in [3.8, 4) is 0 Å². The van der Waals surface area contributed by atoms with Gasteiger partial charge in [-0.25, -0.2) is 4.79 Å². The largest absolute Gasteiger partial charge is 0.465 e. The number of nitrogens with one attached hydrogen (secondary N) is 1. The molecular weight excluding hydrogens is 1920 g/mol. The summed E-state index contributed by atoms with van der Waals surface area (Å²) in [5.41, 5.74) is 0.703. The number of benzene rings is 1. The molecule has 18 N–H and O–H groups in total. The Labute approximate surface area is 805 Å². The van der Waals surface area contributed by atoms with Gasteiger partial charge in [0.2, 0.25) is 5.91 Å². The van der Waals surface area contributed by atoms with Crippen LogP contribution in [0.2, 0.25) is 0 Å². The molecule has 0 aromatic heterocycles. The van der Waals surface area contributed by atoms with Gasteiger partial charge in [0.15, 0.2) is 68.4 Å². The van der Waals surface area contributed by atoms with Crippen molar-refractivity contribution in [3.63, 3.8) is 0 Å². The van der Waals surface area contributed by atoms with Crippen LogP contribution in [0, 0.1) is 0 Å². The second-order valence-electron chi connectivity index (χ2n) is 32.3. The second kappa shape index (κ2) is 61.4. The van der Waals surface area contributed by atoms with Crippen LogP contribution in [-0.2, 0) is 147 Å². The third-order valence-electron chi connectivity index (χ3n) is 22.5. The minimum absolute atomic E-state index is 0.00817. The van der Waals surface area contributed by atoms with Crippen molar-refractivity contribution < 1.29 is 239 Å². The van der Waals surface area contributed by atoms with Crippen molar-refractivity contribution in [2.75, 3.05) is 199 Å². The molecule has 35 atom stereocenters. The summed E-state index contributed by atoms with van der Waals surface area (Å²) in [6.45, 7) is -2.55. The highest BCUT2D eigenvalue weighted by Gasteiger charge is 2.57. The number of amides is 1. The zero-order chi connectivity index (χ0) is 99.2. The summed E-state index contributed by atoms with van der Waals surface area (Å²) in [7, 11) is 4.89. The fraction of sp³-hybridized carbons (Fsp3) is 0.855. The number of esters is 5. The van der Waals surface area contributed by atoms with Gasteiger partial charge in [-0.2, -0.15) is 47.0 Å². The van der Waals surface area contributed by atoms with Gasteiger partial charge in [0.25, 0.3) is 0 Å². The van der Waals surface area contributed by atoms with E-state index < -0.39 is 278 Å². The van der Waals surface area contributed by atoms with Crippen molar-refractivity contribution in [2.24, 2.45) is 0 Å². The molecule has 788 valence electrons. The van der Waals surface area contributed by atoms with Crippen molar-refractivity contribution in [1.29, 1.82) is 0 Å². The molecule has 50 nitrogen and oxygen atoms in total. The molecule has 8 heterocycles. The first-order chi connectivity index (χ1) is 65.9. The summed E-state index contributed by atoms with van der Waals surface area (Å²) < 4.78 is 148. The molecule has 137 heavy (non-hydrogen) atoms. The number of methoxy groups -OCH3 is 4. The highest BCUT2D eigenvalue weighted by Crippen LogP contribution is 2.37. The van der Waals surface area contributed by atoms with Crippen LogP contribution in [0.3, 0.4) is 0 Å². The average molecular weight is 2060 g/mol. The summed E-state index contributed by atoms with van der Waals surface area (Å²) in [5.74, 6) is -2.30. The van der Waals surface area contributed by atoms with Gasteiger partial charge in [0, 0.05) is 92.7 Å². The lowest BCUT2D eigenvalue weighted by Gasteiger charge is -2.47. The van der Waals surface area contributed by atoms with Gasteiger partial charge < -0.3 is 215 Å². The van der Waals surface area contributed by atoms with Crippen molar-refractivity contribution >= 4 is 88.5 Å². The Balaban J connectivity index is 0.911. The van der Waals surface area contributed by atoms with E-state index in [9.17, 15) is 110 Å². The Morgan fingerprint density at radius 3 is 1.39 bits per heavy atom. The Kier molecular flexibility index (Phi) is 52.2. The molecule has 14 unspecified atom stereocenters. The lowest BCUT2D eigenvalue weighted by Crippen LogP contribution is -2.66. The SMILES string of the molecule is COCC1O[C@@H]2OCC3O[C@H](OC4[C@H](O)C(CO[C@H]5OC(CO[C@H]6OC(CO[C@H]7OC(COC)[C@@H](O)C(OC(=O)CCSCCC(=O)Nc8ccc(C(=O)OC)cc8)[C@@H]7O)[C@@H](O)C(O)[C@@H]6O)[C@@H](O)C(OC(=O)CCSCCOCCOCCOCCCO)[C@@H]5O)O[C@H](OCC5O[C@H](OC)[C@@H](O)C(OC(=O)CCSCCOCCOCCSCCC(=O)OC([C@@H]1O)[C@@H]2O)[C@@H]5O)[C@H]4O)[C@@H](O)C(O)[C@@H]3O. The minimum atomic E-state index is -2.29. The van der Waals surface area contributed by atoms with Crippen LogP contribution in [0.4, 0.5) is 5.69 Å². The standard InChI is InChI=1S/C83H133NO49S4/c1-108-34-43-57(93)72(130-51(87)11-27-134-26-10-50(86)84-42-8-6-41(7-9-42)76(107)110-3)67(103)79(123-43)118-36-45-55(91)62(98)64(100)78(125-45)117-39-48-60(96)74(132-54(90)14-30-136-31-23-114-20-19-113-18-17-112-16-5-15-85)69(105)81(126-48)121-40-49-61(97)75-70(106)82(127-49)120-38-47-59(95)71(66(102)77(111-4)122-47)129-52(88)12-28-135-32-24-115-21-22-116-25-33-137-29-13-53(89)131-73-58(94)44(35-109-2)124-80(68(73)104)119-37-46-56(92)63(99)65(101)83(128-46)133-75/h6-9,43-49,55-75,77-83,85,91-106H,5,10-40H2,1-4H3,(H,84,86)/t43?,44?,45?,46?,47?,48?,49?,55-,56-,57-,58-,59-,60-,61-,62?,63?,64+,65+,66+,67+,68+,69+,70+,71?,72?,73?,74?,75?,77+,78+,79+,80+,81+,82+,83-/m1/s1. The number of fused-ring (bicyclic) bond motifs is 8. The first-order valence-electron chi connectivity index (χ1n) is 44.7. The molecule has 8 saturated heterocycles. The predicted molar refractivity (Wildman–Crippen MR) is 466 cm³/mol. The zero-order valence-electron chi connectivity index (χ0n) is 75.9. The second-order valence-corrected chi connectivity index (χ2v) is 37.2. The molecule has 1 amide bonds. The van der Waals surface area contributed by atoms with Gasteiger partial charge in [0.1, 0.15) is 146 Å². The molecule has 8 fully saturated rings. The summed E-state index contributed by atoms with van der Waals surface area (Å²) >= 11 is 5.15. The van der Waals surface area contributed by atoms with E-state index in [2.05, 4.69) is 5.32 Å². The molecule has 9 rings (SSSR count). The quantitative estimate of drug-likeness (QED) is 0.0165. The highest BCUT2D eigenvalue weighted by molar-refractivity contribution is 7.99. The van der Waals surface area contributed by atoms with Gasteiger partial charge >= 0.3 is 29.8 Å². The Bertz CT molecular complexity index is 3630. The fourth-order valence-corrected chi connectivity index (χ4v) is 18.0. The summed E-state index contributed by atoms with van der Waals surface area (Å²) in [6.07, 6.45) is -68.1. The van der Waals surface area contributed by atoms with E-state index >= 15 is 0 Å². The molecule has 8 aliphatic heterocycles. The van der Waals surface area contributed by atoms with Gasteiger partial charge in [-0.3, -0.25) is 24.0 Å². The number of hydrogen-bond acceptors (Lipinski definition) is 53. The van der Waals surface area contributed by atoms with Crippen LogP contribution in [0.25, 0.3) is 0 Å². The number of aliphatic hydroxyl groups is 17. The van der Waals surface area contributed by atoms with E-state index in [1.807, 2.05) is 0 Å². The third kappa shape index (κ3) is 35.7. The van der Waals surface area contributed by atoms with Crippen LogP contribution >= 0.6 is 47.0 Å². The molecule has 8 aliphatic rings.